The van der Waals surface area contributed by atoms with Crippen molar-refractivity contribution in [3.63, 3.8) is 0 Å². The van der Waals surface area contributed by atoms with Gasteiger partial charge in [0.05, 0.1) is 17.2 Å². The molecule has 0 unspecified atom stereocenters. The van der Waals surface area contributed by atoms with Gasteiger partial charge < -0.3 is 9.47 Å². The van der Waals surface area contributed by atoms with Gasteiger partial charge in [0.25, 0.3) is 0 Å². The number of ketones is 1. The second-order valence-electron chi connectivity index (χ2n) is 4.14. The molecule has 0 amide bonds. The Hall–Kier alpha value is -1.23. The summed E-state index contributed by atoms with van der Waals surface area (Å²) in [6, 6.07) is 10.0. The first-order chi connectivity index (χ1) is 10.0. The molecule has 0 bridgehead atoms. The largest absolute Gasteiger partial charge is 0.497 e. The molecule has 0 aliphatic heterocycles. The molecule has 2 aromatic carbocycles. The standard InChI is InChI=1S/C15H11BrCl2O3/c1-20-10-4-2-3-9(5-10)14(19)8-21-15-7-12(17)11(16)6-13(15)18/h2-7H,8H2,1H3. The van der Waals surface area contributed by atoms with Crippen molar-refractivity contribution in [1.29, 1.82) is 0 Å². The second kappa shape index (κ2) is 7.16. The van der Waals surface area contributed by atoms with Crippen molar-refractivity contribution >= 4 is 44.9 Å². The monoisotopic (exact) mass is 388 g/mol. The number of halogens is 3. The summed E-state index contributed by atoms with van der Waals surface area (Å²) in [5, 5.41) is 0.841. The van der Waals surface area contributed by atoms with Crippen LogP contribution in [0.2, 0.25) is 10.0 Å². The van der Waals surface area contributed by atoms with Crippen LogP contribution in [0.15, 0.2) is 40.9 Å². The molecule has 0 N–H and O–H groups in total. The molecular weight excluding hydrogens is 379 g/mol. The van der Waals surface area contributed by atoms with Gasteiger partial charge in [-0.2, -0.15) is 0 Å². The molecule has 3 nitrogen and oxygen atoms in total. The van der Waals surface area contributed by atoms with Crippen LogP contribution in [0.5, 0.6) is 11.5 Å². The fourth-order valence-corrected chi connectivity index (χ4v) is 2.49. The third kappa shape index (κ3) is 4.13. The van der Waals surface area contributed by atoms with Crippen LogP contribution in [-0.2, 0) is 0 Å². The Morgan fingerprint density at radius 1 is 1.19 bits per heavy atom. The van der Waals surface area contributed by atoms with Gasteiger partial charge in [-0.3, -0.25) is 4.79 Å². The molecule has 0 aromatic heterocycles. The van der Waals surface area contributed by atoms with E-state index in [1.54, 1.807) is 43.5 Å². The minimum absolute atomic E-state index is 0.134. The highest BCUT2D eigenvalue weighted by Gasteiger charge is 2.11. The van der Waals surface area contributed by atoms with Crippen molar-refractivity contribution in [2.45, 2.75) is 0 Å². The summed E-state index contributed by atoms with van der Waals surface area (Å²) >= 11 is 15.3. The number of carbonyl (C=O) groups excluding carboxylic acids is 1. The molecule has 0 saturated carbocycles. The van der Waals surface area contributed by atoms with Crippen molar-refractivity contribution in [1.82, 2.24) is 0 Å². The summed E-state index contributed by atoms with van der Waals surface area (Å²) in [5.74, 6) is 0.802. The maximum atomic E-state index is 12.1. The highest BCUT2D eigenvalue weighted by molar-refractivity contribution is 9.10. The number of carbonyl (C=O) groups is 1. The molecule has 0 atom stereocenters. The second-order valence-corrected chi connectivity index (χ2v) is 5.81. The van der Waals surface area contributed by atoms with Crippen molar-refractivity contribution in [2.24, 2.45) is 0 Å². The van der Waals surface area contributed by atoms with Gasteiger partial charge in [0, 0.05) is 16.1 Å². The number of ether oxygens (including phenoxy) is 2. The first kappa shape index (κ1) is 16.1. The smallest absolute Gasteiger partial charge is 0.200 e. The van der Waals surface area contributed by atoms with E-state index in [1.165, 1.54) is 0 Å². The normalized spacial score (nSPS) is 10.3. The number of hydrogen-bond donors (Lipinski definition) is 0. The molecule has 0 radical (unpaired) electrons. The van der Waals surface area contributed by atoms with Crippen LogP contribution in [0.25, 0.3) is 0 Å². The number of Topliss-reactive ketones (excluding diaryl/α,β-unsaturated/α-hetero) is 1. The lowest BCUT2D eigenvalue weighted by Crippen LogP contribution is -2.11. The van der Waals surface area contributed by atoms with Crippen LogP contribution in [0.4, 0.5) is 0 Å². The van der Waals surface area contributed by atoms with E-state index in [0.717, 1.165) is 0 Å². The van der Waals surface area contributed by atoms with E-state index in [2.05, 4.69) is 15.9 Å². The van der Waals surface area contributed by atoms with Crippen LogP contribution in [0, 0.1) is 0 Å². The van der Waals surface area contributed by atoms with E-state index >= 15 is 0 Å². The molecule has 0 spiro atoms. The Bertz CT molecular complexity index is 674. The Labute approximate surface area is 140 Å². The lowest BCUT2D eigenvalue weighted by molar-refractivity contribution is 0.0921. The summed E-state index contributed by atoms with van der Waals surface area (Å²) in [7, 11) is 1.55. The van der Waals surface area contributed by atoms with Gasteiger partial charge in [0.1, 0.15) is 11.5 Å². The summed E-state index contributed by atoms with van der Waals surface area (Å²) in [4.78, 5) is 12.1. The van der Waals surface area contributed by atoms with E-state index in [4.69, 9.17) is 32.7 Å². The molecule has 2 rings (SSSR count). The van der Waals surface area contributed by atoms with Gasteiger partial charge in [-0.15, -0.1) is 0 Å². The average Bonchev–Trinajstić information content (AvgIpc) is 2.49. The summed E-state index contributed by atoms with van der Waals surface area (Å²) in [6.07, 6.45) is 0. The van der Waals surface area contributed by atoms with Crippen molar-refractivity contribution in [3.05, 3.63) is 56.5 Å². The van der Waals surface area contributed by atoms with Crippen LogP contribution in [0.3, 0.4) is 0 Å². The Balaban J connectivity index is 2.09. The molecule has 110 valence electrons. The zero-order valence-corrected chi connectivity index (χ0v) is 14.1. The predicted molar refractivity (Wildman–Crippen MR) is 87.0 cm³/mol. The average molecular weight is 390 g/mol. The van der Waals surface area contributed by atoms with Crippen LogP contribution in [0.1, 0.15) is 10.4 Å². The number of benzene rings is 2. The molecule has 2 aromatic rings. The molecule has 0 fully saturated rings. The topological polar surface area (TPSA) is 35.5 Å². The lowest BCUT2D eigenvalue weighted by Gasteiger charge is -2.09. The fourth-order valence-electron chi connectivity index (χ4n) is 1.64. The first-order valence-corrected chi connectivity index (χ1v) is 7.50. The molecule has 0 heterocycles. The van der Waals surface area contributed by atoms with Crippen molar-refractivity contribution < 1.29 is 14.3 Å². The zero-order chi connectivity index (χ0) is 15.4. The highest BCUT2D eigenvalue weighted by Crippen LogP contribution is 2.34. The predicted octanol–water partition coefficient (Wildman–Crippen LogP) is 5.03. The summed E-state index contributed by atoms with van der Waals surface area (Å²) in [5.41, 5.74) is 0.508. The number of methoxy groups -OCH3 is 1. The molecule has 6 heteroatoms. The lowest BCUT2D eigenvalue weighted by atomic mass is 10.1. The van der Waals surface area contributed by atoms with Crippen LogP contribution in [-0.4, -0.2) is 19.5 Å². The van der Waals surface area contributed by atoms with Crippen molar-refractivity contribution in [2.75, 3.05) is 13.7 Å². The van der Waals surface area contributed by atoms with E-state index in [1.807, 2.05) is 0 Å². The third-order valence-electron chi connectivity index (χ3n) is 2.73. The van der Waals surface area contributed by atoms with Crippen molar-refractivity contribution in [3.8, 4) is 11.5 Å². The van der Waals surface area contributed by atoms with Gasteiger partial charge in [0.15, 0.2) is 12.4 Å². The van der Waals surface area contributed by atoms with E-state index in [-0.39, 0.29) is 12.4 Å². The fraction of sp³-hybridized carbons (Fsp3) is 0.133. The van der Waals surface area contributed by atoms with Gasteiger partial charge in [0.2, 0.25) is 0 Å². The quantitative estimate of drug-likeness (QED) is 0.531. The van der Waals surface area contributed by atoms with Gasteiger partial charge in [-0.25, -0.2) is 0 Å². The van der Waals surface area contributed by atoms with Gasteiger partial charge in [-0.1, -0.05) is 35.3 Å². The van der Waals surface area contributed by atoms with E-state index < -0.39 is 0 Å². The van der Waals surface area contributed by atoms with E-state index in [0.29, 0.717) is 31.6 Å². The Kier molecular flexibility index (Phi) is 5.51. The summed E-state index contributed by atoms with van der Waals surface area (Å²) in [6.45, 7) is -0.134. The molecule has 0 aliphatic rings. The minimum Gasteiger partial charge on any atom is -0.497 e. The molecule has 0 aliphatic carbocycles. The van der Waals surface area contributed by atoms with Gasteiger partial charge in [-0.05, 0) is 34.1 Å². The molecular formula is C15H11BrCl2O3. The van der Waals surface area contributed by atoms with E-state index in [9.17, 15) is 4.79 Å². The highest BCUT2D eigenvalue weighted by atomic mass is 79.9. The first-order valence-electron chi connectivity index (χ1n) is 5.96. The Morgan fingerprint density at radius 2 is 1.95 bits per heavy atom. The maximum Gasteiger partial charge on any atom is 0.200 e. The van der Waals surface area contributed by atoms with Gasteiger partial charge >= 0.3 is 0 Å². The number of hydrogen-bond acceptors (Lipinski definition) is 3. The summed E-state index contributed by atoms with van der Waals surface area (Å²) < 4.78 is 11.2. The van der Waals surface area contributed by atoms with Crippen LogP contribution < -0.4 is 9.47 Å². The van der Waals surface area contributed by atoms with Crippen LogP contribution >= 0.6 is 39.1 Å². The maximum absolute atomic E-state index is 12.1. The zero-order valence-electron chi connectivity index (χ0n) is 11.0. The molecule has 21 heavy (non-hydrogen) atoms. The molecule has 0 saturated heterocycles. The Morgan fingerprint density at radius 3 is 2.67 bits per heavy atom. The number of rotatable bonds is 5. The SMILES string of the molecule is COc1cccc(C(=O)COc2cc(Cl)c(Br)cc2Cl)c1. The third-order valence-corrected chi connectivity index (χ3v) is 4.22. The minimum atomic E-state index is -0.177.